The van der Waals surface area contributed by atoms with Crippen LogP contribution in [0, 0.1) is 0 Å². The zero-order chi connectivity index (χ0) is 18.2. The van der Waals surface area contributed by atoms with Crippen molar-refractivity contribution in [3.63, 3.8) is 0 Å². The number of unbranched alkanes of at least 4 members (excludes halogenated alkanes) is 2. The Morgan fingerprint density at radius 2 is 1.04 bits per heavy atom. The molecular formula is C20H36O4. The maximum absolute atomic E-state index is 11.9. The molecule has 0 saturated heterocycles. The van der Waals surface area contributed by atoms with E-state index in [1.54, 1.807) is 0 Å². The summed E-state index contributed by atoms with van der Waals surface area (Å²) >= 11 is 0. The highest BCUT2D eigenvalue weighted by Crippen LogP contribution is 2.13. The van der Waals surface area contributed by atoms with Gasteiger partial charge in [0.1, 0.15) is 12.2 Å². The zero-order valence-corrected chi connectivity index (χ0v) is 16.0. The number of carbonyl (C=O) groups excluding carboxylic acids is 2. The fraction of sp³-hybridized carbons (Fsp3) is 0.800. The number of ether oxygens (including phenoxy) is 2. The van der Waals surface area contributed by atoms with Crippen LogP contribution in [0.3, 0.4) is 0 Å². The molecule has 0 N–H and O–H groups in total. The SMILES string of the molecule is CCCCC(CCC)OC(=O)/C=C/C(=O)OC(CCC)CCCC. The van der Waals surface area contributed by atoms with E-state index in [-0.39, 0.29) is 12.2 Å². The normalized spacial score (nSPS) is 13.7. The summed E-state index contributed by atoms with van der Waals surface area (Å²) < 4.78 is 10.9. The summed E-state index contributed by atoms with van der Waals surface area (Å²) in [5.41, 5.74) is 0. The van der Waals surface area contributed by atoms with Gasteiger partial charge in [-0.25, -0.2) is 9.59 Å². The number of esters is 2. The van der Waals surface area contributed by atoms with Crippen LogP contribution in [0.1, 0.15) is 91.9 Å². The second-order valence-corrected chi connectivity index (χ2v) is 6.31. The van der Waals surface area contributed by atoms with Gasteiger partial charge in [-0.1, -0.05) is 66.2 Å². The molecular weight excluding hydrogens is 304 g/mol. The fourth-order valence-electron chi connectivity index (χ4n) is 2.58. The van der Waals surface area contributed by atoms with Crippen molar-refractivity contribution in [3.8, 4) is 0 Å². The quantitative estimate of drug-likeness (QED) is 0.316. The van der Waals surface area contributed by atoms with Gasteiger partial charge in [0, 0.05) is 12.2 Å². The highest BCUT2D eigenvalue weighted by atomic mass is 16.5. The first kappa shape index (κ1) is 22.7. The van der Waals surface area contributed by atoms with Crippen LogP contribution >= 0.6 is 0 Å². The van der Waals surface area contributed by atoms with Gasteiger partial charge in [-0.05, 0) is 25.7 Å². The lowest BCUT2D eigenvalue weighted by Gasteiger charge is -2.16. The van der Waals surface area contributed by atoms with Crippen molar-refractivity contribution in [2.24, 2.45) is 0 Å². The molecule has 2 unspecified atom stereocenters. The van der Waals surface area contributed by atoms with Gasteiger partial charge in [0.25, 0.3) is 0 Å². The Kier molecular flexibility index (Phi) is 14.4. The van der Waals surface area contributed by atoms with Crippen LogP contribution < -0.4 is 0 Å². The second-order valence-electron chi connectivity index (χ2n) is 6.31. The molecule has 0 amide bonds. The standard InChI is InChI=1S/C20H36O4/c1-5-9-13-17(11-7-3)23-19(21)15-16-20(22)24-18(12-8-4)14-10-6-2/h15-18H,5-14H2,1-4H3/b16-15+. The highest BCUT2D eigenvalue weighted by molar-refractivity contribution is 5.91. The molecule has 140 valence electrons. The van der Waals surface area contributed by atoms with Crippen LogP contribution in [-0.2, 0) is 19.1 Å². The van der Waals surface area contributed by atoms with Gasteiger partial charge in [-0.3, -0.25) is 0 Å². The Morgan fingerprint density at radius 1 is 0.667 bits per heavy atom. The molecule has 0 fully saturated rings. The fourth-order valence-corrected chi connectivity index (χ4v) is 2.58. The first-order chi connectivity index (χ1) is 11.6. The molecule has 4 heteroatoms. The molecule has 4 nitrogen and oxygen atoms in total. The Balaban J connectivity index is 4.35. The Labute approximate surface area is 148 Å². The van der Waals surface area contributed by atoms with Crippen molar-refractivity contribution >= 4 is 11.9 Å². The molecule has 0 heterocycles. The van der Waals surface area contributed by atoms with Crippen LogP contribution in [-0.4, -0.2) is 24.1 Å². The van der Waals surface area contributed by atoms with Gasteiger partial charge >= 0.3 is 11.9 Å². The molecule has 0 aromatic carbocycles. The van der Waals surface area contributed by atoms with Crippen molar-refractivity contribution in [1.29, 1.82) is 0 Å². The third-order valence-electron chi connectivity index (χ3n) is 3.90. The Bertz CT molecular complexity index is 329. The molecule has 0 spiro atoms. The van der Waals surface area contributed by atoms with Crippen LogP contribution in [0.5, 0.6) is 0 Å². The van der Waals surface area contributed by atoms with Gasteiger partial charge in [0.05, 0.1) is 0 Å². The largest absolute Gasteiger partial charge is 0.459 e. The first-order valence-electron chi connectivity index (χ1n) is 9.66. The summed E-state index contributed by atoms with van der Waals surface area (Å²) in [5.74, 6) is -0.913. The lowest BCUT2D eigenvalue weighted by Crippen LogP contribution is -2.18. The van der Waals surface area contributed by atoms with Gasteiger partial charge in [-0.2, -0.15) is 0 Å². The monoisotopic (exact) mass is 340 g/mol. The van der Waals surface area contributed by atoms with Gasteiger partial charge in [0.2, 0.25) is 0 Å². The average molecular weight is 341 g/mol. The lowest BCUT2D eigenvalue weighted by atomic mass is 10.1. The summed E-state index contributed by atoms with van der Waals surface area (Å²) in [6, 6.07) is 0. The van der Waals surface area contributed by atoms with Crippen molar-refractivity contribution in [2.45, 2.75) is 104 Å². The Morgan fingerprint density at radius 3 is 1.33 bits per heavy atom. The first-order valence-corrected chi connectivity index (χ1v) is 9.66. The molecule has 0 rings (SSSR count). The van der Waals surface area contributed by atoms with Crippen LogP contribution in [0.25, 0.3) is 0 Å². The summed E-state index contributed by atoms with van der Waals surface area (Å²) in [6.07, 6.45) is 12.0. The summed E-state index contributed by atoms with van der Waals surface area (Å²) in [7, 11) is 0. The number of rotatable bonds is 14. The molecule has 0 radical (unpaired) electrons. The third-order valence-corrected chi connectivity index (χ3v) is 3.90. The van der Waals surface area contributed by atoms with Crippen LogP contribution in [0.2, 0.25) is 0 Å². The van der Waals surface area contributed by atoms with Crippen molar-refractivity contribution in [1.82, 2.24) is 0 Å². The van der Waals surface area contributed by atoms with Crippen LogP contribution in [0.15, 0.2) is 12.2 Å². The van der Waals surface area contributed by atoms with E-state index in [1.165, 1.54) is 12.2 Å². The number of carbonyl (C=O) groups is 2. The highest BCUT2D eigenvalue weighted by Gasteiger charge is 2.14. The smallest absolute Gasteiger partial charge is 0.331 e. The van der Waals surface area contributed by atoms with Crippen LogP contribution in [0.4, 0.5) is 0 Å². The molecule has 24 heavy (non-hydrogen) atoms. The second kappa shape index (κ2) is 15.2. The zero-order valence-electron chi connectivity index (χ0n) is 16.0. The van der Waals surface area contributed by atoms with Crippen molar-refractivity contribution in [3.05, 3.63) is 12.2 Å². The maximum Gasteiger partial charge on any atom is 0.331 e. The molecule has 0 aliphatic carbocycles. The maximum atomic E-state index is 11.9. The Hall–Kier alpha value is -1.32. The van der Waals surface area contributed by atoms with E-state index in [1.807, 2.05) is 0 Å². The summed E-state index contributed by atoms with van der Waals surface area (Å²) in [4.78, 5) is 23.7. The number of hydrogen-bond acceptors (Lipinski definition) is 4. The van der Waals surface area contributed by atoms with E-state index in [0.717, 1.165) is 64.2 Å². The summed E-state index contributed by atoms with van der Waals surface area (Å²) in [6.45, 7) is 8.38. The van der Waals surface area contributed by atoms with E-state index < -0.39 is 11.9 Å². The van der Waals surface area contributed by atoms with Gasteiger partial charge in [0.15, 0.2) is 0 Å². The summed E-state index contributed by atoms with van der Waals surface area (Å²) in [5, 5.41) is 0. The minimum Gasteiger partial charge on any atom is -0.459 e. The van der Waals surface area contributed by atoms with Gasteiger partial charge in [-0.15, -0.1) is 0 Å². The molecule has 2 atom stereocenters. The molecule has 0 aromatic heterocycles. The predicted octanol–water partition coefficient (Wildman–Crippen LogP) is 5.35. The van der Waals surface area contributed by atoms with E-state index in [0.29, 0.717) is 0 Å². The molecule has 0 bridgehead atoms. The third kappa shape index (κ3) is 12.1. The van der Waals surface area contributed by atoms with Crippen molar-refractivity contribution < 1.29 is 19.1 Å². The molecule has 0 saturated carbocycles. The average Bonchev–Trinajstić information content (AvgIpc) is 2.56. The van der Waals surface area contributed by atoms with Crippen molar-refractivity contribution in [2.75, 3.05) is 0 Å². The van der Waals surface area contributed by atoms with Gasteiger partial charge < -0.3 is 9.47 Å². The minimum atomic E-state index is -0.456. The molecule has 0 aliphatic rings. The van der Waals surface area contributed by atoms with E-state index in [4.69, 9.17) is 9.47 Å². The molecule has 0 aliphatic heterocycles. The van der Waals surface area contributed by atoms with E-state index in [9.17, 15) is 9.59 Å². The molecule has 0 aromatic rings. The topological polar surface area (TPSA) is 52.6 Å². The van der Waals surface area contributed by atoms with E-state index in [2.05, 4.69) is 27.7 Å². The predicted molar refractivity (Wildman–Crippen MR) is 97.8 cm³/mol. The van der Waals surface area contributed by atoms with E-state index >= 15 is 0 Å². The lowest BCUT2D eigenvalue weighted by molar-refractivity contribution is -0.146. The number of hydrogen-bond donors (Lipinski definition) is 0. The minimum absolute atomic E-state index is 0.0551.